The molecule has 1 aliphatic heterocycles. The van der Waals surface area contributed by atoms with Crippen LogP contribution in [0, 0.1) is 0 Å². The number of rotatable bonds is 2. The minimum Gasteiger partial charge on any atom is -0.372 e. The number of morpholine rings is 1. The van der Waals surface area contributed by atoms with Gasteiger partial charge in [-0.25, -0.2) is 8.78 Å². The van der Waals surface area contributed by atoms with Crippen molar-refractivity contribution in [1.82, 2.24) is 5.01 Å². The minimum atomic E-state index is -1.46. The molecule has 0 aromatic heterocycles. The second-order valence-electron chi connectivity index (χ2n) is 3.29. The van der Waals surface area contributed by atoms with Crippen LogP contribution in [0.25, 0.3) is 0 Å². The minimum absolute atomic E-state index is 0.111. The van der Waals surface area contributed by atoms with Gasteiger partial charge in [-0.2, -0.15) is 5.01 Å². The summed E-state index contributed by atoms with van der Waals surface area (Å²) < 4.78 is 31.3. The fraction of sp³-hybridized carbons (Fsp3) is 0.400. The van der Waals surface area contributed by atoms with Gasteiger partial charge in [0, 0.05) is 5.69 Å². The first-order chi connectivity index (χ1) is 7.27. The van der Waals surface area contributed by atoms with Gasteiger partial charge in [-0.15, -0.1) is 0 Å². The average molecular weight is 214 g/mol. The Balaban J connectivity index is 2.03. The third-order valence-electron chi connectivity index (χ3n) is 2.15. The number of hydrazine groups is 1. The number of alkyl halides is 2. The van der Waals surface area contributed by atoms with Crippen LogP contribution in [0.4, 0.5) is 14.5 Å². The first-order valence-electron chi connectivity index (χ1n) is 4.73. The van der Waals surface area contributed by atoms with Gasteiger partial charge < -0.3 is 10.2 Å². The van der Waals surface area contributed by atoms with E-state index in [2.05, 4.69) is 5.43 Å². The van der Waals surface area contributed by atoms with Crippen LogP contribution >= 0.6 is 0 Å². The molecule has 0 saturated carbocycles. The Bertz CT molecular complexity index is 300. The third kappa shape index (κ3) is 2.43. The van der Waals surface area contributed by atoms with Crippen LogP contribution in [0.5, 0.6) is 0 Å². The summed E-state index contributed by atoms with van der Waals surface area (Å²) in [4.78, 5) is 0. The monoisotopic (exact) mass is 214 g/mol. The van der Waals surface area contributed by atoms with E-state index < -0.39 is 12.6 Å². The molecule has 1 aromatic carbocycles. The lowest BCUT2D eigenvalue weighted by Gasteiger charge is -2.33. The molecule has 1 heterocycles. The molecule has 1 N–H and O–H groups in total. The highest BCUT2D eigenvalue weighted by Gasteiger charge is 2.31. The predicted octanol–water partition coefficient (Wildman–Crippen LogP) is 1.94. The Morgan fingerprint density at radius 3 is 2.33 bits per heavy atom. The maximum atomic E-state index is 13.3. The first kappa shape index (κ1) is 10.3. The van der Waals surface area contributed by atoms with Crippen LogP contribution in [0.15, 0.2) is 30.3 Å². The van der Waals surface area contributed by atoms with Gasteiger partial charge in [0.1, 0.15) is 0 Å². The molecule has 1 aromatic rings. The molecular weight excluding hydrogens is 202 g/mol. The number of hydrogen-bond donors (Lipinski definition) is 1. The van der Waals surface area contributed by atoms with Crippen LogP contribution in [0.2, 0.25) is 0 Å². The van der Waals surface area contributed by atoms with E-state index in [1.54, 1.807) is 24.3 Å². The zero-order chi connectivity index (χ0) is 10.7. The van der Waals surface area contributed by atoms with Gasteiger partial charge >= 0.3 is 0 Å². The van der Waals surface area contributed by atoms with Gasteiger partial charge in [0.25, 0.3) is 0 Å². The van der Waals surface area contributed by atoms with Gasteiger partial charge in [0.05, 0.1) is 13.2 Å². The highest BCUT2D eigenvalue weighted by Crippen LogP contribution is 2.17. The average Bonchev–Trinajstić information content (AvgIpc) is 2.25. The van der Waals surface area contributed by atoms with Crippen molar-refractivity contribution >= 4 is 5.69 Å². The number of ether oxygens (including phenoxy) is 1. The number of halogens is 2. The van der Waals surface area contributed by atoms with Crippen molar-refractivity contribution in [3.8, 4) is 0 Å². The molecule has 1 saturated heterocycles. The maximum absolute atomic E-state index is 13.3. The zero-order valence-corrected chi connectivity index (χ0v) is 8.07. The highest BCUT2D eigenvalue weighted by molar-refractivity contribution is 5.41. The summed E-state index contributed by atoms with van der Waals surface area (Å²) in [5, 5.41) is 0.929. The molecule has 15 heavy (non-hydrogen) atoms. The van der Waals surface area contributed by atoms with E-state index in [1.165, 1.54) is 0 Å². The summed E-state index contributed by atoms with van der Waals surface area (Å²) in [6, 6.07) is 8.92. The second-order valence-corrected chi connectivity index (χ2v) is 3.29. The number of para-hydroxylation sites is 1. The second kappa shape index (κ2) is 4.55. The van der Waals surface area contributed by atoms with E-state index in [1.807, 2.05) is 6.07 Å². The lowest BCUT2D eigenvalue weighted by molar-refractivity contribution is -0.126. The normalized spacial score (nSPS) is 27.6. The number of hydrogen-bond acceptors (Lipinski definition) is 3. The Morgan fingerprint density at radius 2 is 1.73 bits per heavy atom. The van der Waals surface area contributed by atoms with E-state index >= 15 is 0 Å². The highest BCUT2D eigenvalue weighted by atomic mass is 19.2. The molecule has 2 unspecified atom stereocenters. The Morgan fingerprint density at radius 1 is 1.13 bits per heavy atom. The predicted molar refractivity (Wildman–Crippen MR) is 52.5 cm³/mol. The number of nitrogens with zero attached hydrogens (tertiary/aromatic N) is 1. The van der Waals surface area contributed by atoms with Crippen LogP contribution in [-0.2, 0) is 4.74 Å². The molecule has 1 aliphatic rings. The fourth-order valence-corrected chi connectivity index (χ4v) is 1.40. The van der Waals surface area contributed by atoms with Crippen LogP contribution in [0.1, 0.15) is 0 Å². The Labute approximate surface area is 86.6 Å². The van der Waals surface area contributed by atoms with Crippen molar-refractivity contribution in [3.05, 3.63) is 30.3 Å². The summed E-state index contributed by atoms with van der Waals surface area (Å²) in [5.41, 5.74) is 3.34. The quantitative estimate of drug-likeness (QED) is 0.761. The fourth-order valence-electron chi connectivity index (χ4n) is 1.40. The summed E-state index contributed by atoms with van der Waals surface area (Å²) in [6.07, 6.45) is -2.93. The maximum Gasteiger partial charge on any atom is 0.195 e. The summed E-state index contributed by atoms with van der Waals surface area (Å²) in [5.74, 6) is 0. The van der Waals surface area contributed by atoms with E-state index in [0.717, 1.165) is 5.01 Å². The van der Waals surface area contributed by atoms with Crippen LogP contribution in [-0.4, -0.2) is 30.8 Å². The molecular formula is C10H12F2N2O. The molecule has 0 aliphatic carbocycles. The molecule has 2 atom stereocenters. The molecule has 3 nitrogen and oxygen atoms in total. The molecule has 0 radical (unpaired) electrons. The van der Waals surface area contributed by atoms with Crippen molar-refractivity contribution < 1.29 is 13.5 Å². The van der Waals surface area contributed by atoms with Gasteiger partial charge in [-0.3, -0.25) is 0 Å². The van der Waals surface area contributed by atoms with E-state index in [0.29, 0.717) is 5.69 Å². The van der Waals surface area contributed by atoms with Gasteiger partial charge in [0.15, 0.2) is 12.6 Å². The van der Waals surface area contributed by atoms with Crippen LogP contribution < -0.4 is 5.43 Å². The van der Waals surface area contributed by atoms with Crippen LogP contribution in [0.3, 0.4) is 0 Å². The van der Waals surface area contributed by atoms with Crippen molar-refractivity contribution in [1.29, 1.82) is 0 Å². The van der Waals surface area contributed by atoms with E-state index in [-0.39, 0.29) is 13.2 Å². The number of nitrogens with one attached hydrogen (secondary N) is 1. The number of benzene rings is 1. The van der Waals surface area contributed by atoms with E-state index in [9.17, 15) is 8.78 Å². The largest absolute Gasteiger partial charge is 0.372 e. The van der Waals surface area contributed by atoms with Gasteiger partial charge in [-0.1, -0.05) is 18.2 Å². The smallest absolute Gasteiger partial charge is 0.195 e. The van der Waals surface area contributed by atoms with Crippen molar-refractivity contribution in [2.45, 2.75) is 12.6 Å². The standard InChI is InChI=1S/C10H12F2N2O/c11-9-6-15-7-10(12)14(9)13-8-4-2-1-3-5-8/h1-5,9-10,13H,6-7H2. The molecule has 2 rings (SSSR count). The summed E-state index contributed by atoms with van der Waals surface area (Å²) >= 11 is 0. The first-order valence-corrected chi connectivity index (χ1v) is 4.73. The van der Waals surface area contributed by atoms with Crippen molar-refractivity contribution in [3.63, 3.8) is 0 Å². The summed E-state index contributed by atoms with van der Waals surface area (Å²) in [7, 11) is 0. The summed E-state index contributed by atoms with van der Waals surface area (Å²) in [6.45, 7) is -0.222. The lowest BCUT2D eigenvalue weighted by atomic mass is 10.3. The molecule has 0 spiro atoms. The van der Waals surface area contributed by atoms with Crippen molar-refractivity contribution in [2.75, 3.05) is 18.6 Å². The van der Waals surface area contributed by atoms with E-state index in [4.69, 9.17) is 4.74 Å². The zero-order valence-electron chi connectivity index (χ0n) is 8.07. The Hall–Kier alpha value is -1.20. The molecule has 0 amide bonds. The van der Waals surface area contributed by atoms with Gasteiger partial charge in [0.2, 0.25) is 0 Å². The van der Waals surface area contributed by atoms with Gasteiger partial charge in [-0.05, 0) is 12.1 Å². The molecule has 0 bridgehead atoms. The molecule has 82 valence electrons. The lowest BCUT2D eigenvalue weighted by Crippen LogP contribution is -2.51. The SMILES string of the molecule is FC1COCC(F)N1Nc1ccccc1. The Kier molecular flexibility index (Phi) is 3.13. The van der Waals surface area contributed by atoms with Crippen molar-refractivity contribution in [2.24, 2.45) is 0 Å². The molecule has 5 heteroatoms. The topological polar surface area (TPSA) is 24.5 Å². The molecule has 1 fully saturated rings. The third-order valence-corrected chi connectivity index (χ3v) is 2.15. The number of anilines is 1.